The quantitative estimate of drug-likeness (QED) is 0.791. The number of nitrogens with zero attached hydrogens (tertiary/aromatic N) is 7. The summed E-state index contributed by atoms with van der Waals surface area (Å²) in [6, 6.07) is 1.89. The number of carbonyl (C=O) groups excluding carboxylic acids is 1. The third-order valence-corrected chi connectivity index (χ3v) is 4.76. The van der Waals surface area contributed by atoms with Crippen LogP contribution < -0.4 is 10.3 Å². The Balaban J connectivity index is 1.33. The van der Waals surface area contributed by atoms with E-state index in [-0.39, 0.29) is 11.8 Å². The lowest BCUT2D eigenvalue weighted by molar-refractivity contribution is -0.132. The van der Waals surface area contributed by atoms with Crippen LogP contribution in [0.25, 0.3) is 5.82 Å². The third-order valence-electron chi connectivity index (χ3n) is 4.76. The van der Waals surface area contributed by atoms with Crippen LogP contribution in [0.3, 0.4) is 0 Å². The molecule has 2 fully saturated rings. The summed E-state index contributed by atoms with van der Waals surface area (Å²) in [5.41, 5.74) is 3.02. The highest BCUT2D eigenvalue weighted by molar-refractivity contribution is 5.78. The Hall–Kier alpha value is -2.59. The maximum Gasteiger partial charge on any atom is 0.237 e. The summed E-state index contributed by atoms with van der Waals surface area (Å²) in [7, 11) is 0. The van der Waals surface area contributed by atoms with Crippen LogP contribution in [-0.2, 0) is 9.53 Å². The molecule has 0 bridgehead atoms. The molecule has 10 heteroatoms. The van der Waals surface area contributed by atoms with E-state index in [9.17, 15) is 4.79 Å². The summed E-state index contributed by atoms with van der Waals surface area (Å²) in [5, 5.41) is 6.05. The minimum Gasteiger partial charge on any atom is -0.379 e. The normalized spacial score (nSPS) is 19.5. The third kappa shape index (κ3) is 3.81. The van der Waals surface area contributed by atoms with Gasteiger partial charge in [-0.05, 0) is 12.8 Å². The summed E-state index contributed by atoms with van der Waals surface area (Å²) in [4.78, 5) is 27.2. The summed E-state index contributed by atoms with van der Waals surface area (Å²) in [6.07, 6.45) is 6.22. The highest BCUT2D eigenvalue weighted by Crippen LogP contribution is 2.22. The molecular weight excluding hydrogens is 336 g/mol. The van der Waals surface area contributed by atoms with Gasteiger partial charge in [0.15, 0.2) is 5.82 Å². The molecule has 1 amide bonds. The average Bonchev–Trinajstić information content (AvgIpc) is 3.24. The molecule has 2 aliphatic rings. The molecule has 2 saturated heterocycles. The Bertz CT molecular complexity index is 724. The number of morpholine rings is 1. The molecule has 10 nitrogen and oxygen atoms in total. The van der Waals surface area contributed by atoms with Gasteiger partial charge in [0.05, 0.1) is 13.2 Å². The molecule has 2 aliphatic heterocycles. The van der Waals surface area contributed by atoms with Crippen LogP contribution in [0.15, 0.2) is 25.0 Å². The zero-order valence-electron chi connectivity index (χ0n) is 14.5. The number of amides is 1. The molecule has 0 radical (unpaired) electrons. The molecular formula is C16H22N8O2. The molecule has 2 aromatic heterocycles. The number of nitrogens with one attached hydrogen (secondary N) is 1. The van der Waals surface area contributed by atoms with Crippen LogP contribution in [0.2, 0.25) is 0 Å². The molecule has 1 N–H and O–H groups in total. The van der Waals surface area contributed by atoms with Crippen molar-refractivity contribution < 1.29 is 9.53 Å². The van der Waals surface area contributed by atoms with E-state index in [4.69, 9.17) is 4.74 Å². The first kappa shape index (κ1) is 16.9. The van der Waals surface area contributed by atoms with E-state index in [0.717, 1.165) is 44.8 Å². The molecule has 138 valence electrons. The van der Waals surface area contributed by atoms with Gasteiger partial charge in [-0.2, -0.15) is 5.10 Å². The second-order valence-corrected chi connectivity index (χ2v) is 6.41. The number of piperidine rings is 1. The number of rotatable bonds is 4. The molecule has 4 heterocycles. The molecule has 26 heavy (non-hydrogen) atoms. The van der Waals surface area contributed by atoms with Crippen molar-refractivity contribution in [2.45, 2.75) is 12.8 Å². The summed E-state index contributed by atoms with van der Waals surface area (Å²) >= 11 is 0. The molecule has 0 aromatic carbocycles. The van der Waals surface area contributed by atoms with Crippen LogP contribution in [0.5, 0.6) is 0 Å². The van der Waals surface area contributed by atoms with Crippen LogP contribution >= 0.6 is 0 Å². The second-order valence-electron chi connectivity index (χ2n) is 6.41. The Morgan fingerprint density at radius 3 is 2.58 bits per heavy atom. The Kier molecular flexibility index (Phi) is 5.02. The van der Waals surface area contributed by atoms with Crippen LogP contribution in [0.4, 0.5) is 5.82 Å². The number of hydrazine groups is 1. The van der Waals surface area contributed by atoms with Crippen LogP contribution in [0.1, 0.15) is 12.8 Å². The van der Waals surface area contributed by atoms with Crippen LogP contribution in [-0.4, -0.2) is 75.0 Å². The number of anilines is 1. The van der Waals surface area contributed by atoms with Crippen LogP contribution in [0, 0.1) is 5.92 Å². The minimum absolute atomic E-state index is 0.0331. The minimum atomic E-state index is 0.0331. The monoisotopic (exact) mass is 358 g/mol. The first-order valence-electron chi connectivity index (χ1n) is 8.85. The standard InChI is InChI=1S/C16H22N8O2/c25-16(21-23-5-7-26-8-6-23)13-1-3-22(4-2-13)14-9-15(19-11-18-14)24-12-17-10-20-24/h9-13H,1-8H2,(H,21,25). The van der Waals surface area contributed by atoms with Gasteiger partial charge >= 0.3 is 0 Å². The Labute approximate surface area is 151 Å². The summed E-state index contributed by atoms with van der Waals surface area (Å²) < 4.78 is 6.91. The fourth-order valence-corrected chi connectivity index (χ4v) is 3.25. The average molecular weight is 358 g/mol. The van der Waals surface area contributed by atoms with E-state index in [0.29, 0.717) is 19.0 Å². The van der Waals surface area contributed by atoms with E-state index in [1.807, 2.05) is 11.1 Å². The van der Waals surface area contributed by atoms with Gasteiger partial charge in [0.25, 0.3) is 0 Å². The predicted octanol–water partition coefficient (Wildman–Crippen LogP) is -0.363. The van der Waals surface area contributed by atoms with Gasteiger partial charge in [0, 0.05) is 38.2 Å². The molecule has 0 spiro atoms. The SMILES string of the molecule is O=C(NN1CCOCC1)C1CCN(c2cc(-n3cncn3)ncn2)CC1. The molecule has 4 rings (SSSR count). The number of aromatic nitrogens is 5. The lowest BCUT2D eigenvalue weighted by Crippen LogP contribution is -2.51. The highest BCUT2D eigenvalue weighted by atomic mass is 16.5. The van der Waals surface area contributed by atoms with Crippen molar-refractivity contribution in [1.82, 2.24) is 35.2 Å². The van der Waals surface area contributed by atoms with Crippen molar-refractivity contribution >= 4 is 11.7 Å². The molecule has 2 aromatic rings. The van der Waals surface area contributed by atoms with Gasteiger partial charge in [0.2, 0.25) is 5.91 Å². The maximum absolute atomic E-state index is 12.5. The molecule has 0 aliphatic carbocycles. The topological polar surface area (TPSA) is 101 Å². The first-order chi connectivity index (χ1) is 12.8. The Morgan fingerprint density at radius 2 is 1.85 bits per heavy atom. The number of ether oxygens (including phenoxy) is 1. The van der Waals surface area contributed by atoms with E-state index in [1.165, 1.54) is 12.7 Å². The first-order valence-corrected chi connectivity index (χ1v) is 8.85. The number of carbonyl (C=O) groups is 1. The maximum atomic E-state index is 12.5. The largest absolute Gasteiger partial charge is 0.379 e. The van der Waals surface area contributed by atoms with Crippen molar-refractivity contribution in [3.63, 3.8) is 0 Å². The Morgan fingerprint density at radius 1 is 1.08 bits per heavy atom. The van der Waals surface area contributed by atoms with E-state index < -0.39 is 0 Å². The number of hydrogen-bond acceptors (Lipinski definition) is 8. The second kappa shape index (κ2) is 7.75. The van der Waals surface area contributed by atoms with Crippen molar-refractivity contribution in [2.24, 2.45) is 5.92 Å². The van der Waals surface area contributed by atoms with Gasteiger partial charge in [-0.15, -0.1) is 0 Å². The summed E-state index contributed by atoms with van der Waals surface area (Å²) in [6.45, 7) is 4.40. The van der Waals surface area contributed by atoms with Gasteiger partial charge in [-0.3, -0.25) is 10.2 Å². The van der Waals surface area contributed by atoms with Gasteiger partial charge < -0.3 is 9.64 Å². The molecule has 0 unspecified atom stereocenters. The van der Waals surface area contributed by atoms with Gasteiger partial charge in [-0.25, -0.2) is 24.6 Å². The zero-order chi connectivity index (χ0) is 17.8. The summed E-state index contributed by atoms with van der Waals surface area (Å²) in [5.74, 6) is 1.67. The fraction of sp³-hybridized carbons (Fsp3) is 0.562. The highest BCUT2D eigenvalue weighted by Gasteiger charge is 2.27. The van der Waals surface area contributed by atoms with Crippen molar-refractivity contribution in [3.05, 3.63) is 25.0 Å². The number of hydrogen-bond donors (Lipinski definition) is 1. The predicted molar refractivity (Wildman–Crippen MR) is 92.4 cm³/mol. The van der Waals surface area contributed by atoms with Crippen molar-refractivity contribution in [3.8, 4) is 5.82 Å². The lowest BCUT2D eigenvalue weighted by atomic mass is 9.96. The zero-order valence-corrected chi connectivity index (χ0v) is 14.5. The van der Waals surface area contributed by atoms with Crippen molar-refractivity contribution in [2.75, 3.05) is 44.3 Å². The molecule has 0 atom stereocenters. The van der Waals surface area contributed by atoms with E-state index in [2.05, 4.69) is 30.4 Å². The lowest BCUT2D eigenvalue weighted by Gasteiger charge is -2.34. The smallest absolute Gasteiger partial charge is 0.237 e. The molecule has 0 saturated carbocycles. The van der Waals surface area contributed by atoms with Gasteiger partial charge in [-0.1, -0.05) is 0 Å². The van der Waals surface area contributed by atoms with E-state index in [1.54, 1.807) is 11.0 Å². The van der Waals surface area contributed by atoms with Crippen molar-refractivity contribution in [1.29, 1.82) is 0 Å². The fourth-order valence-electron chi connectivity index (χ4n) is 3.25. The van der Waals surface area contributed by atoms with E-state index >= 15 is 0 Å². The van der Waals surface area contributed by atoms with Gasteiger partial charge in [0.1, 0.15) is 24.8 Å².